The molecule has 1 heterocycles. The summed E-state index contributed by atoms with van der Waals surface area (Å²) in [6.45, 7) is 0.434. The Labute approximate surface area is 114 Å². The zero-order chi connectivity index (χ0) is 13.5. The van der Waals surface area contributed by atoms with Crippen molar-refractivity contribution in [1.82, 2.24) is 4.90 Å². The van der Waals surface area contributed by atoms with Gasteiger partial charge in [0, 0.05) is 6.54 Å². The fourth-order valence-electron chi connectivity index (χ4n) is 4.36. The second-order valence-corrected chi connectivity index (χ2v) is 6.50. The third kappa shape index (κ3) is 1.92. The van der Waals surface area contributed by atoms with Crippen molar-refractivity contribution in [2.75, 3.05) is 6.54 Å². The molecule has 0 aromatic carbocycles. The molecule has 2 saturated carbocycles. The summed E-state index contributed by atoms with van der Waals surface area (Å²) < 4.78 is 0. The molecule has 0 bridgehead atoms. The highest BCUT2D eigenvalue weighted by Crippen LogP contribution is 2.44. The molecule has 4 nitrogen and oxygen atoms in total. The summed E-state index contributed by atoms with van der Waals surface area (Å²) in [5, 5.41) is 0. The summed E-state index contributed by atoms with van der Waals surface area (Å²) in [5.74, 6) is 0.0994. The summed E-state index contributed by atoms with van der Waals surface area (Å²) >= 11 is 0. The van der Waals surface area contributed by atoms with Crippen molar-refractivity contribution in [3.05, 3.63) is 0 Å². The molecule has 3 aliphatic rings. The van der Waals surface area contributed by atoms with Crippen molar-refractivity contribution in [3.8, 4) is 0 Å². The Hall–Kier alpha value is -0.900. The van der Waals surface area contributed by atoms with Crippen molar-refractivity contribution in [2.24, 2.45) is 17.6 Å². The first kappa shape index (κ1) is 13.1. The van der Waals surface area contributed by atoms with Crippen LogP contribution in [0.25, 0.3) is 0 Å². The van der Waals surface area contributed by atoms with Gasteiger partial charge in [-0.3, -0.25) is 14.5 Å². The van der Waals surface area contributed by atoms with Gasteiger partial charge in [0.25, 0.3) is 0 Å². The largest absolute Gasteiger partial charge is 0.328 e. The number of likely N-dealkylation sites (tertiary alicyclic amines) is 1. The molecular formula is C15H24N2O2. The van der Waals surface area contributed by atoms with E-state index in [-0.39, 0.29) is 29.2 Å². The third-order valence-electron chi connectivity index (χ3n) is 5.48. The first-order chi connectivity index (χ1) is 9.19. The van der Waals surface area contributed by atoms with Crippen LogP contribution >= 0.6 is 0 Å². The fraction of sp³-hybridized carbons (Fsp3) is 0.867. The predicted molar refractivity (Wildman–Crippen MR) is 72.2 cm³/mol. The predicted octanol–water partition coefficient (Wildman–Crippen LogP) is 1.82. The van der Waals surface area contributed by atoms with E-state index < -0.39 is 0 Å². The molecule has 2 amide bonds. The number of rotatable bonds is 2. The number of hydrogen-bond acceptors (Lipinski definition) is 3. The van der Waals surface area contributed by atoms with Gasteiger partial charge < -0.3 is 5.73 Å². The van der Waals surface area contributed by atoms with Crippen LogP contribution in [-0.2, 0) is 9.59 Å². The van der Waals surface area contributed by atoms with E-state index in [9.17, 15) is 9.59 Å². The number of hydrogen-bond donors (Lipinski definition) is 1. The van der Waals surface area contributed by atoms with Crippen LogP contribution in [0.4, 0.5) is 0 Å². The molecule has 0 aromatic rings. The summed E-state index contributed by atoms with van der Waals surface area (Å²) in [6, 6.07) is 0. The molecule has 3 rings (SSSR count). The Morgan fingerprint density at radius 2 is 1.47 bits per heavy atom. The van der Waals surface area contributed by atoms with E-state index in [1.165, 1.54) is 6.42 Å². The highest BCUT2D eigenvalue weighted by atomic mass is 16.2. The number of fused-ring (bicyclic) bond motifs is 1. The number of nitrogens with two attached hydrogens (primary N) is 1. The van der Waals surface area contributed by atoms with Crippen LogP contribution in [0.3, 0.4) is 0 Å². The molecule has 0 radical (unpaired) electrons. The molecule has 106 valence electrons. The van der Waals surface area contributed by atoms with Crippen molar-refractivity contribution < 1.29 is 9.59 Å². The van der Waals surface area contributed by atoms with Crippen LogP contribution in [0.2, 0.25) is 0 Å². The molecule has 0 spiro atoms. The minimum Gasteiger partial charge on any atom is -0.328 e. The maximum atomic E-state index is 12.7. The lowest BCUT2D eigenvalue weighted by Crippen LogP contribution is -2.57. The first-order valence-corrected chi connectivity index (χ1v) is 7.78. The van der Waals surface area contributed by atoms with Crippen molar-refractivity contribution >= 4 is 11.8 Å². The van der Waals surface area contributed by atoms with E-state index in [1.807, 2.05) is 0 Å². The minimum atomic E-state index is -0.357. The van der Waals surface area contributed by atoms with Crippen molar-refractivity contribution in [3.63, 3.8) is 0 Å². The quantitative estimate of drug-likeness (QED) is 0.774. The molecule has 4 heteroatoms. The lowest BCUT2D eigenvalue weighted by Gasteiger charge is -2.43. The topological polar surface area (TPSA) is 63.4 Å². The lowest BCUT2D eigenvalue weighted by atomic mass is 9.80. The summed E-state index contributed by atoms with van der Waals surface area (Å²) in [6.07, 6.45) is 9.14. The average Bonchev–Trinajstić information content (AvgIpc) is 2.73. The normalized spacial score (nSPS) is 34.5. The van der Waals surface area contributed by atoms with Crippen LogP contribution in [-0.4, -0.2) is 28.8 Å². The highest BCUT2D eigenvalue weighted by molar-refractivity contribution is 6.06. The van der Waals surface area contributed by atoms with Crippen LogP contribution in [0.15, 0.2) is 0 Å². The van der Waals surface area contributed by atoms with E-state index in [0.29, 0.717) is 6.54 Å². The zero-order valence-corrected chi connectivity index (χ0v) is 11.6. The van der Waals surface area contributed by atoms with Gasteiger partial charge in [-0.1, -0.05) is 32.1 Å². The standard InChI is InChI=1S/C15H24N2O2/c16-10-15(8-4-1-5-9-15)17-13(18)11-6-2-3-7-12(11)14(17)19/h11-12H,1-10,16H2. The van der Waals surface area contributed by atoms with Gasteiger partial charge >= 0.3 is 0 Å². The molecule has 1 saturated heterocycles. The molecule has 1 aliphatic heterocycles. The van der Waals surface area contributed by atoms with E-state index in [0.717, 1.165) is 51.4 Å². The fourth-order valence-corrected chi connectivity index (χ4v) is 4.36. The highest BCUT2D eigenvalue weighted by Gasteiger charge is 2.55. The van der Waals surface area contributed by atoms with Gasteiger partial charge in [-0.2, -0.15) is 0 Å². The summed E-state index contributed by atoms with van der Waals surface area (Å²) in [7, 11) is 0. The second kappa shape index (κ2) is 4.89. The Morgan fingerprint density at radius 1 is 0.947 bits per heavy atom. The Kier molecular flexibility index (Phi) is 3.37. The summed E-state index contributed by atoms with van der Waals surface area (Å²) in [4.78, 5) is 26.9. The number of carbonyl (C=O) groups is 2. The average molecular weight is 264 g/mol. The van der Waals surface area contributed by atoms with E-state index >= 15 is 0 Å². The number of nitrogens with zero attached hydrogens (tertiary/aromatic N) is 1. The van der Waals surface area contributed by atoms with Crippen molar-refractivity contribution in [1.29, 1.82) is 0 Å². The maximum absolute atomic E-state index is 12.7. The summed E-state index contributed by atoms with van der Waals surface area (Å²) in [5.41, 5.74) is 5.63. The van der Waals surface area contributed by atoms with E-state index in [2.05, 4.69) is 0 Å². The Balaban J connectivity index is 1.90. The van der Waals surface area contributed by atoms with Gasteiger partial charge in [0.15, 0.2) is 0 Å². The molecular weight excluding hydrogens is 240 g/mol. The maximum Gasteiger partial charge on any atom is 0.233 e. The smallest absolute Gasteiger partial charge is 0.233 e. The third-order valence-corrected chi connectivity index (χ3v) is 5.48. The first-order valence-electron chi connectivity index (χ1n) is 7.78. The Morgan fingerprint density at radius 3 is 1.95 bits per heavy atom. The number of imide groups is 1. The van der Waals surface area contributed by atoms with Gasteiger partial charge in [-0.25, -0.2) is 0 Å². The van der Waals surface area contributed by atoms with Crippen molar-refractivity contribution in [2.45, 2.75) is 63.3 Å². The Bertz CT molecular complexity index is 364. The van der Waals surface area contributed by atoms with E-state index in [1.54, 1.807) is 4.90 Å². The van der Waals surface area contributed by atoms with Crippen LogP contribution in [0.1, 0.15) is 57.8 Å². The molecule has 2 atom stereocenters. The molecule has 0 aromatic heterocycles. The molecule has 2 N–H and O–H groups in total. The van der Waals surface area contributed by atoms with Gasteiger partial charge in [-0.15, -0.1) is 0 Å². The molecule has 2 aliphatic carbocycles. The molecule has 19 heavy (non-hydrogen) atoms. The monoisotopic (exact) mass is 264 g/mol. The second-order valence-electron chi connectivity index (χ2n) is 6.50. The van der Waals surface area contributed by atoms with E-state index in [4.69, 9.17) is 5.73 Å². The van der Waals surface area contributed by atoms with Crippen LogP contribution < -0.4 is 5.73 Å². The molecule has 2 unspecified atom stereocenters. The SMILES string of the molecule is NCC1(N2C(=O)C3CCCCC3C2=O)CCCCC1. The minimum absolute atomic E-state index is 0.0356. The number of carbonyl (C=O) groups excluding carboxylic acids is 2. The van der Waals surface area contributed by atoms with Gasteiger partial charge in [0.05, 0.1) is 17.4 Å². The van der Waals surface area contributed by atoms with Crippen LogP contribution in [0.5, 0.6) is 0 Å². The van der Waals surface area contributed by atoms with Crippen LogP contribution in [0, 0.1) is 11.8 Å². The van der Waals surface area contributed by atoms with Gasteiger partial charge in [0.2, 0.25) is 11.8 Å². The number of amides is 2. The zero-order valence-electron chi connectivity index (χ0n) is 11.6. The van der Waals surface area contributed by atoms with Gasteiger partial charge in [0.1, 0.15) is 0 Å². The van der Waals surface area contributed by atoms with Gasteiger partial charge in [-0.05, 0) is 25.7 Å². The lowest BCUT2D eigenvalue weighted by molar-refractivity contribution is -0.148. The molecule has 3 fully saturated rings.